The number of ether oxygens (including phenoxy) is 3. The summed E-state index contributed by atoms with van der Waals surface area (Å²) in [6.07, 6.45) is 4.40. The van der Waals surface area contributed by atoms with Gasteiger partial charge in [0.25, 0.3) is 0 Å². The molecule has 0 radical (unpaired) electrons. The molecule has 1 saturated carbocycles. The highest BCUT2D eigenvalue weighted by Crippen LogP contribution is 2.39. The van der Waals surface area contributed by atoms with E-state index in [-0.39, 0.29) is 11.4 Å². The number of ketones is 1. The van der Waals surface area contributed by atoms with Crippen molar-refractivity contribution in [2.75, 3.05) is 20.3 Å². The van der Waals surface area contributed by atoms with Gasteiger partial charge in [-0.3, -0.25) is 4.79 Å². The molecule has 1 aliphatic heterocycles. The molecule has 1 aromatic carbocycles. The second-order valence-electron chi connectivity index (χ2n) is 5.55. The van der Waals surface area contributed by atoms with E-state index in [0.29, 0.717) is 30.9 Å². The van der Waals surface area contributed by atoms with Crippen molar-refractivity contribution in [3.63, 3.8) is 0 Å². The second-order valence-corrected chi connectivity index (χ2v) is 5.55. The standard InChI is InChI=1S/C16H20O4/c1-18-16(6-2-7-16)11-13(17)12-4-5-14-15(10-12)20-9-3-8-19-14/h4-5,10H,2-3,6-9,11H2,1H3. The minimum atomic E-state index is -0.235. The van der Waals surface area contributed by atoms with Crippen molar-refractivity contribution in [1.29, 1.82) is 0 Å². The van der Waals surface area contributed by atoms with Crippen LogP contribution in [0.15, 0.2) is 18.2 Å². The van der Waals surface area contributed by atoms with Crippen molar-refractivity contribution in [1.82, 2.24) is 0 Å². The highest BCUT2D eigenvalue weighted by molar-refractivity contribution is 5.97. The quantitative estimate of drug-likeness (QED) is 0.793. The fourth-order valence-electron chi connectivity index (χ4n) is 2.76. The zero-order valence-electron chi connectivity index (χ0n) is 11.8. The Morgan fingerprint density at radius 1 is 1.20 bits per heavy atom. The first kappa shape index (κ1) is 13.4. The Bertz CT molecular complexity index is 500. The molecule has 1 heterocycles. The first-order chi connectivity index (χ1) is 9.72. The zero-order valence-corrected chi connectivity index (χ0v) is 11.8. The molecule has 1 fully saturated rings. The van der Waals surface area contributed by atoms with Crippen molar-refractivity contribution in [3.8, 4) is 11.5 Å². The summed E-state index contributed by atoms with van der Waals surface area (Å²) >= 11 is 0. The highest BCUT2D eigenvalue weighted by Gasteiger charge is 2.39. The van der Waals surface area contributed by atoms with E-state index in [2.05, 4.69) is 0 Å². The van der Waals surface area contributed by atoms with Gasteiger partial charge < -0.3 is 14.2 Å². The van der Waals surface area contributed by atoms with Gasteiger partial charge in [0.1, 0.15) is 0 Å². The van der Waals surface area contributed by atoms with Crippen LogP contribution in [-0.4, -0.2) is 31.7 Å². The van der Waals surface area contributed by atoms with Crippen LogP contribution < -0.4 is 9.47 Å². The number of Topliss-reactive ketones (excluding diaryl/α,β-unsaturated/α-hetero) is 1. The predicted molar refractivity (Wildman–Crippen MR) is 74.6 cm³/mol. The summed E-state index contributed by atoms with van der Waals surface area (Å²) in [6.45, 7) is 1.29. The Balaban J connectivity index is 1.76. The maximum Gasteiger partial charge on any atom is 0.165 e. The molecular weight excluding hydrogens is 256 g/mol. The second kappa shape index (κ2) is 5.44. The molecule has 1 aliphatic carbocycles. The third-order valence-corrected chi connectivity index (χ3v) is 4.25. The van der Waals surface area contributed by atoms with Crippen molar-refractivity contribution in [2.24, 2.45) is 0 Å². The summed E-state index contributed by atoms with van der Waals surface area (Å²) in [7, 11) is 1.69. The predicted octanol–water partition coefficient (Wildman–Crippen LogP) is 2.99. The molecule has 4 heteroatoms. The Hall–Kier alpha value is -1.55. The number of hydrogen-bond donors (Lipinski definition) is 0. The molecule has 108 valence electrons. The van der Waals surface area contributed by atoms with E-state index in [9.17, 15) is 4.79 Å². The molecule has 0 saturated heterocycles. The fraction of sp³-hybridized carbons (Fsp3) is 0.562. The van der Waals surface area contributed by atoms with E-state index in [1.54, 1.807) is 13.2 Å². The van der Waals surface area contributed by atoms with E-state index in [4.69, 9.17) is 14.2 Å². The van der Waals surface area contributed by atoms with Gasteiger partial charge in [-0.15, -0.1) is 0 Å². The Kier molecular flexibility index (Phi) is 3.66. The molecular formula is C16H20O4. The summed E-state index contributed by atoms with van der Waals surface area (Å²) < 4.78 is 16.7. The van der Waals surface area contributed by atoms with Gasteiger partial charge in [0.05, 0.1) is 18.8 Å². The molecule has 0 amide bonds. The van der Waals surface area contributed by atoms with Gasteiger partial charge >= 0.3 is 0 Å². The highest BCUT2D eigenvalue weighted by atomic mass is 16.5. The van der Waals surface area contributed by atoms with Gasteiger partial charge in [0.15, 0.2) is 17.3 Å². The van der Waals surface area contributed by atoms with Crippen LogP contribution >= 0.6 is 0 Å². The van der Waals surface area contributed by atoms with Gasteiger partial charge in [0, 0.05) is 25.5 Å². The molecule has 1 aromatic rings. The molecule has 3 rings (SSSR count). The molecule has 2 aliphatic rings. The molecule has 20 heavy (non-hydrogen) atoms. The van der Waals surface area contributed by atoms with Crippen LogP contribution in [0.4, 0.5) is 0 Å². The van der Waals surface area contributed by atoms with Crippen LogP contribution in [0.1, 0.15) is 42.5 Å². The van der Waals surface area contributed by atoms with Gasteiger partial charge in [-0.25, -0.2) is 0 Å². The molecule has 0 N–H and O–H groups in total. The van der Waals surface area contributed by atoms with E-state index in [1.165, 1.54) is 0 Å². The number of methoxy groups -OCH3 is 1. The van der Waals surface area contributed by atoms with Crippen molar-refractivity contribution < 1.29 is 19.0 Å². The van der Waals surface area contributed by atoms with Crippen molar-refractivity contribution >= 4 is 5.78 Å². The SMILES string of the molecule is COC1(CC(=O)c2ccc3c(c2)OCCCO3)CCC1. The van der Waals surface area contributed by atoms with Crippen LogP contribution in [-0.2, 0) is 4.74 Å². The Morgan fingerprint density at radius 3 is 2.60 bits per heavy atom. The maximum absolute atomic E-state index is 12.4. The minimum absolute atomic E-state index is 0.113. The van der Waals surface area contributed by atoms with Gasteiger partial charge in [-0.05, 0) is 37.5 Å². The lowest BCUT2D eigenvalue weighted by molar-refractivity contribution is -0.0704. The number of benzene rings is 1. The number of carbonyl (C=O) groups is 1. The summed E-state index contributed by atoms with van der Waals surface area (Å²) in [6, 6.07) is 5.44. The number of carbonyl (C=O) groups excluding carboxylic acids is 1. The zero-order chi connectivity index (χ0) is 14.0. The first-order valence-electron chi connectivity index (χ1n) is 7.20. The fourth-order valence-corrected chi connectivity index (χ4v) is 2.76. The van der Waals surface area contributed by atoms with Gasteiger partial charge in [-0.1, -0.05) is 0 Å². The molecule has 0 atom stereocenters. The van der Waals surface area contributed by atoms with Gasteiger partial charge in [0.2, 0.25) is 0 Å². The lowest BCUT2D eigenvalue weighted by Gasteiger charge is -2.40. The third kappa shape index (κ3) is 2.52. The summed E-state index contributed by atoms with van der Waals surface area (Å²) in [5.74, 6) is 1.51. The van der Waals surface area contributed by atoms with E-state index < -0.39 is 0 Å². The number of hydrogen-bond acceptors (Lipinski definition) is 4. The molecule has 0 aromatic heterocycles. The lowest BCUT2D eigenvalue weighted by atomic mass is 9.76. The van der Waals surface area contributed by atoms with Crippen molar-refractivity contribution in [3.05, 3.63) is 23.8 Å². The van der Waals surface area contributed by atoms with Crippen molar-refractivity contribution in [2.45, 2.75) is 37.7 Å². The van der Waals surface area contributed by atoms with Crippen LogP contribution in [0.2, 0.25) is 0 Å². The average molecular weight is 276 g/mol. The Labute approximate surface area is 119 Å². The molecule has 4 nitrogen and oxygen atoms in total. The lowest BCUT2D eigenvalue weighted by Crippen LogP contribution is -2.41. The van der Waals surface area contributed by atoms with Gasteiger partial charge in [-0.2, -0.15) is 0 Å². The average Bonchev–Trinajstić information content (AvgIpc) is 2.67. The molecule has 0 spiro atoms. The van der Waals surface area contributed by atoms with Crippen LogP contribution in [0.25, 0.3) is 0 Å². The Morgan fingerprint density at radius 2 is 1.95 bits per heavy atom. The van der Waals surface area contributed by atoms with Crippen LogP contribution in [0.3, 0.4) is 0 Å². The summed E-state index contributed by atoms with van der Waals surface area (Å²) in [5.41, 5.74) is 0.443. The molecule has 0 unspecified atom stereocenters. The minimum Gasteiger partial charge on any atom is -0.490 e. The van der Waals surface area contributed by atoms with E-state index >= 15 is 0 Å². The number of rotatable bonds is 4. The van der Waals surface area contributed by atoms with E-state index in [1.807, 2.05) is 12.1 Å². The maximum atomic E-state index is 12.4. The van der Waals surface area contributed by atoms with E-state index in [0.717, 1.165) is 31.4 Å². The summed E-state index contributed by atoms with van der Waals surface area (Å²) in [4.78, 5) is 12.4. The monoisotopic (exact) mass is 276 g/mol. The topological polar surface area (TPSA) is 44.8 Å². The first-order valence-corrected chi connectivity index (χ1v) is 7.20. The third-order valence-electron chi connectivity index (χ3n) is 4.25. The smallest absolute Gasteiger partial charge is 0.165 e. The normalized spacial score (nSPS) is 19.9. The largest absolute Gasteiger partial charge is 0.490 e. The van der Waals surface area contributed by atoms with Crippen LogP contribution in [0, 0.1) is 0 Å². The van der Waals surface area contributed by atoms with Crippen LogP contribution in [0.5, 0.6) is 11.5 Å². The number of fused-ring (bicyclic) bond motifs is 1. The molecule has 0 bridgehead atoms. The summed E-state index contributed by atoms with van der Waals surface area (Å²) in [5, 5.41) is 0.